The quantitative estimate of drug-likeness (QED) is 0.576. The second-order valence-corrected chi connectivity index (χ2v) is 13.6. The summed E-state index contributed by atoms with van der Waals surface area (Å²) in [5.74, 6) is -0.468. The lowest BCUT2D eigenvalue weighted by Crippen LogP contribution is -2.54. The molecule has 126 valence electrons. The molecular weight excluding hydrogens is 294 g/mol. The number of hydrogen-bond acceptors (Lipinski definition) is 4. The lowest BCUT2D eigenvalue weighted by molar-refractivity contribution is -0.165. The number of nitrogens with zero attached hydrogens (tertiary/aromatic N) is 1. The van der Waals surface area contributed by atoms with Crippen LogP contribution >= 0.6 is 0 Å². The van der Waals surface area contributed by atoms with E-state index < -0.39 is 14.1 Å². The summed E-state index contributed by atoms with van der Waals surface area (Å²) in [5, 5.41) is 0.216. The van der Waals surface area contributed by atoms with Crippen LogP contribution in [0, 0.1) is 0 Å². The normalized spacial score (nSPS) is 38.1. The van der Waals surface area contributed by atoms with E-state index in [0.29, 0.717) is 0 Å². The zero-order valence-electron chi connectivity index (χ0n) is 15.1. The summed E-state index contributed by atoms with van der Waals surface area (Å²) in [7, 11) is -1.81. The average molecular weight is 326 g/mol. The molecule has 0 N–H and O–H groups in total. The van der Waals surface area contributed by atoms with Crippen LogP contribution in [0.1, 0.15) is 34.6 Å². The van der Waals surface area contributed by atoms with Crippen molar-refractivity contribution in [2.45, 2.75) is 82.9 Å². The van der Waals surface area contributed by atoms with Gasteiger partial charge in [0.05, 0.1) is 12.1 Å². The standard InChI is InChI=1S/C17H31NO3Si/c1-16(2,3)22(6,7)21-12-9-8-10-18-11-13-15(14(12)18)20-17(4,5)19-13/h8-9,12-15H,10-11H2,1-7H3/t12-,13-,14-,15-/m0/s1. The largest absolute Gasteiger partial charge is 0.409 e. The Hall–Kier alpha value is -0.203. The van der Waals surface area contributed by atoms with Gasteiger partial charge in [-0.2, -0.15) is 0 Å². The highest BCUT2D eigenvalue weighted by molar-refractivity contribution is 6.74. The van der Waals surface area contributed by atoms with Crippen LogP contribution in [-0.4, -0.2) is 56.4 Å². The molecule has 2 fully saturated rings. The first-order chi connectivity index (χ1) is 10.0. The molecule has 4 nitrogen and oxygen atoms in total. The topological polar surface area (TPSA) is 30.9 Å². The van der Waals surface area contributed by atoms with E-state index in [2.05, 4.69) is 50.9 Å². The molecule has 0 aromatic rings. The fourth-order valence-corrected chi connectivity index (χ4v) is 4.77. The van der Waals surface area contributed by atoms with Crippen molar-refractivity contribution in [2.75, 3.05) is 13.1 Å². The van der Waals surface area contributed by atoms with Crippen molar-refractivity contribution in [1.29, 1.82) is 0 Å². The first kappa shape index (κ1) is 16.6. The minimum Gasteiger partial charge on any atom is -0.409 e. The minimum absolute atomic E-state index is 0.113. The van der Waals surface area contributed by atoms with Crippen molar-refractivity contribution in [3.63, 3.8) is 0 Å². The SMILES string of the molecule is CC1(C)O[C@@H]2[C@@H]3[C@@H](O[Si](C)(C)C(C)(C)C)C=CCN3C[C@@H]2O1. The number of ether oxygens (including phenoxy) is 2. The Morgan fingerprint density at radius 3 is 2.55 bits per heavy atom. The number of fused-ring (bicyclic) bond motifs is 3. The monoisotopic (exact) mass is 325 g/mol. The molecule has 0 unspecified atom stereocenters. The van der Waals surface area contributed by atoms with Gasteiger partial charge in [-0.15, -0.1) is 0 Å². The summed E-state index contributed by atoms with van der Waals surface area (Å²) in [6, 6.07) is 0.283. The van der Waals surface area contributed by atoms with Crippen LogP contribution in [-0.2, 0) is 13.9 Å². The summed E-state index contributed by atoms with van der Waals surface area (Å²) < 4.78 is 19.0. The molecule has 22 heavy (non-hydrogen) atoms. The summed E-state index contributed by atoms with van der Waals surface area (Å²) in [5.41, 5.74) is 0. The second kappa shape index (κ2) is 5.15. The Morgan fingerprint density at radius 2 is 1.91 bits per heavy atom. The highest BCUT2D eigenvalue weighted by atomic mass is 28.4. The maximum absolute atomic E-state index is 6.71. The molecule has 3 aliphatic heterocycles. The average Bonchev–Trinajstić information content (AvgIpc) is 2.78. The predicted molar refractivity (Wildman–Crippen MR) is 90.4 cm³/mol. The van der Waals surface area contributed by atoms with Crippen molar-refractivity contribution in [2.24, 2.45) is 0 Å². The summed E-state index contributed by atoms with van der Waals surface area (Å²) in [4.78, 5) is 2.46. The third kappa shape index (κ3) is 2.82. The van der Waals surface area contributed by atoms with Crippen LogP contribution < -0.4 is 0 Å². The van der Waals surface area contributed by atoms with Gasteiger partial charge in [-0.05, 0) is 32.0 Å². The maximum Gasteiger partial charge on any atom is 0.192 e. The van der Waals surface area contributed by atoms with Crippen LogP contribution in [0.15, 0.2) is 12.2 Å². The lowest BCUT2D eigenvalue weighted by Gasteiger charge is -2.43. The molecular formula is C17H31NO3Si. The van der Waals surface area contributed by atoms with Gasteiger partial charge in [0.15, 0.2) is 14.1 Å². The molecule has 3 heterocycles. The van der Waals surface area contributed by atoms with Crippen molar-refractivity contribution in [3.8, 4) is 0 Å². The molecule has 4 atom stereocenters. The Bertz CT molecular complexity index is 469. The summed E-state index contributed by atoms with van der Waals surface area (Å²) >= 11 is 0. The van der Waals surface area contributed by atoms with E-state index in [1.807, 2.05) is 13.8 Å². The van der Waals surface area contributed by atoms with Crippen molar-refractivity contribution >= 4 is 8.32 Å². The van der Waals surface area contributed by atoms with Crippen LogP contribution in [0.4, 0.5) is 0 Å². The molecule has 3 aliphatic rings. The van der Waals surface area contributed by atoms with Crippen molar-refractivity contribution in [1.82, 2.24) is 4.90 Å². The van der Waals surface area contributed by atoms with Gasteiger partial charge in [0, 0.05) is 13.1 Å². The van der Waals surface area contributed by atoms with Gasteiger partial charge < -0.3 is 13.9 Å². The van der Waals surface area contributed by atoms with E-state index in [-0.39, 0.29) is 29.4 Å². The molecule has 0 saturated carbocycles. The minimum atomic E-state index is -1.81. The van der Waals surface area contributed by atoms with Gasteiger partial charge in [0.1, 0.15) is 12.2 Å². The van der Waals surface area contributed by atoms with E-state index in [1.165, 1.54) is 0 Å². The van der Waals surface area contributed by atoms with E-state index in [9.17, 15) is 0 Å². The number of hydrogen-bond donors (Lipinski definition) is 0. The molecule has 3 rings (SSSR count). The molecule has 0 bridgehead atoms. The second-order valence-electron chi connectivity index (χ2n) is 8.85. The third-order valence-corrected chi connectivity index (χ3v) is 10.1. The predicted octanol–water partition coefficient (Wildman–Crippen LogP) is 3.15. The molecule has 0 aromatic carbocycles. The summed E-state index contributed by atoms with van der Waals surface area (Å²) in [6.45, 7) is 17.5. The smallest absolute Gasteiger partial charge is 0.192 e. The van der Waals surface area contributed by atoms with Crippen LogP contribution in [0.25, 0.3) is 0 Å². The zero-order chi connectivity index (χ0) is 16.3. The maximum atomic E-state index is 6.71. The van der Waals surface area contributed by atoms with Crippen LogP contribution in [0.3, 0.4) is 0 Å². The van der Waals surface area contributed by atoms with Gasteiger partial charge in [-0.3, -0.25) is 4.90 Å². The van der Waals surface area contributed by atoms with Gasteiger partial charge >= 0.3 is 0 Å². The fraction of sp³-hybridized carbons (Fsp3) is 0.882. The van der Waals surface area contributed by atoms with E-state index in [1.54, 1.807) is 0 Å². The third-order valence-electron chi connectivity index (χ3n) is 5.63. The molecule has 0 radical (unpaired) electrons. The molecule has 0 aromatic heterocycles. The van der Waals surface area contributed by atoms with Crippen molar-refractivity contribution in [3.05, 3.63) is 12.2 Å². The Labute approximate surface area is 135 Å². The first-order valence-corrected chi connectivity index (χ1v) is 11.4. The Morgan fingerprint density at radius 1 is 1.23 bits per heavy atom. The van der Waals surface area contributed by atoms with Crippen molar-refractivity contribution < 1.29 is 13.9 Å². The molecule has 0 aliphatic carbocycles. The highest BCUT2D eigenvalue weighted by Gasteiger charge is 2.56. The number of rotatable bonds is 2. The van der Waals surface area contributed by atoms with E-state index in [4.69, 9.17) is 13.9 Å². The molecule has 2 saturated heterocycles. The molecule has 0 spiro atoms. The Balaban J connectivity index is 1.80. The first-order valence-electron chi connectivity index (χ1n) is 8.44. The van der Waals surface area contributed by atoms with E-state index in [0.717, 1.165) is 13.1 Å². The lowest BCUT2D eigenvalue weighted by atomic mass is 10.0. The fourth-order valence-electron chi connectivity index (χ4n) is 3.52. The van der Waals surface area contributed by atoms with Gasteiger partial charge in [0.25, 0.3) is 0 Å². The van der Waals surface area contributed by atoms with Gasteiger partial charge in [0.2, 0.25) is 0 Å². The summed E-state index contributed by atoms with van der Waals surface area (Å²) in [6.07, 6.45) is 4.89. The van der Waals surface area contributed by atoms with E-state index >= 15 is 0 Å². The Kier molecular flexibility index (Phi) is 3.89. The van der Waals surface area contributed by atoms with Gasteiger partial charge in [-0.25, -0.2) is 0 Å². The van der Waals surface area contributed by atoms with Crippen LogP contribution in [0.5, 0.6) is 0 Å². The molecule has 0 amide bonds. The van der Waals surface area contributed by atoms with Crippen LogP contribution in [0.2, 0.25) is 18.1 Å². The molecule has 5 heteroatoms. The zero-order valence-corrected chi connectivity index (χ0v) is 16.1. The highest BCUT2D eigenvalue weighted by Crippen LogP contribution is 2.43. The van der Waals surface area contributed by atoms with Gasteiger partial charge in [-0.1, -0.05) is 32.9 Å².